The largest absolute Gasteiger partial charge is 0.459 e. The molecule has 152 valence electrons. The normalized spacial score (nSPS) is 10.7. The molecule has 9 heteroatoms. The van der Waals surface area contributed by atoms with Gasteiger partial charge in [-0.2, -0.15) is 5.10 Å². The third-order valence-corrected chi connectivity index (χ3v) is 5.11. The number of nitrogens with one attached hydrogen (secondary N) is 2. The van der Waals surface area contributed by atoms with E-state index in [4.69, 9.17) is 4.42 Å². The summed E-state index contributed by atoms with van der Waals surface area (Å²) in [4.78, 5) is 28.4. The molecule has 30 heavy (non-hydrogen) atoms. The van der Waals surface area contributed by atoms with E-state index < -0.39 is 0 Å². The van der Waals surface area contributed by atoms with Gasteiger partial charge in [-0.15, -0.1) is 11.3 Å². The number of nitrogens with zero attached hydrogens (tertiary/aromatic N) is 3. The zero-order valence-electron chi connectivity index (χ0n) is 15.9. The van der Waals surface area contributed by atoms with Gasteiger partial charge in [0.2, 0.25) is 5.91 Å². The van der Waals surface area contributed by atoms with Crippen LogP contribution in [0.5, 0.6) is 0 Å². The van der Waals surface area contributed by atoms with Gasteiger partial charge in [0.05, 0.1) is 24.1 Å². The number of aromatic nitrogens is 3. The number of hydrogen-bond donors (Lipinski definition) is 2. The number of carbonyl (C=O) groups excluding carboxylic acids is 2. The van der Waals surface area contributed by atoms with E-state index in [1.54, 1.807) is 28.4 Å². The number of benzene rings is 1. The van der Waals surface area contributed by atoms with Gasteiger partial charge >= 0.3 is 0 Å². The lowest BCUT2D eigenvalue weighted by Crippen LogP contribution is -2.27. The lowest BCUT2D eigenvalue weighted by Gasteiger charge is -2.06. The molecule has 0 aliphatic heterocycles. The zero-order chi connectivity index (χ0) is 20.8. The summed E-state index contributed by atoms with van der Waals surface area (Å²) in [6.45, 7) is 0.534. The minimum atomic E-state index is -0.371. The molecule has 0 spiro atoms. The Morgan fingerprint density at radius 3 is 2.73 bits per heavy atom. The maximum absolute atomic E-state index is 12.2. The van der Waals surface area contributed by atoms with Crippen molar-refractivity contribution in [2.45, 2.75) is 12.8 Å². The van der Waals surface area contributed by atoms with Gasteiger partial charge < -0.3 is 9.73 Å². The van der Waals surface area contributed by atoms with Crippen molar-refractivity contribution < 1.29 is 14.0 Å². The molecule has 0 fully saturated rings. The third kappa shape index (κ3) is 5.00. The minimum Gasteiger partial charge on any atom is -0.459 e. The second-order valence-corrected chi connectivity index (χ2v) is 7.33. The minimum absolute atomic E-state index is 0.114. The van der Waals surface area contributed by atoms with Crippen LogP contribution in [0.25, 0.3) is 5.69 Å². The molecule has 2 amide bonds. The van der Waals surface area contributed by atoms with Crippen molar-refractivity contribution in [3.63, 3.8) is 0 Å². The third-order valence-electron chi connectivity index (χ3n) is 4.30. The summed E-state index contributed by atoms with van der Waals surface area (Å²) in [6, 6.07) is 13.1. The van der Waals surface area contributed by atoms with E-state index in [0.717, 1.165) is 17.7 Å². The number of furan rings is 1. The molecule has 4 aromatic rings. The number of rotatable bonds is 8. The number of hydrogen-bond acceptors (Lipinski definition) is 6. The standard InChI is InChI=1S/C21H19N5O3S/c27-19(13-16-14-30-21(24-16)25-20(28)18-3-1-12-29-18)22-10-8-15-4-6-17(7-5-15)26-11-2-9-23-26/h1-7,9,11-12,14H,8,10,13H2,(H,22,27)(H,24,25,28). The highest BCUT2D eigenvalue weighted by Gasteiger charge is 2.12. The summed E-state index contributed by atoms with van der Waals surface area (Å²) in [5.41, 5.74) is 2.73. The summed E-state index contributed by atoms with van der Waals surface area (Å²) < 4.78 is 6.84. The van der Waals surface area contributed by atoms with Gasteiger partial charge in [0.15, 0.2) is 10.9 Å². The Labute approximate surface area is 176 Å². The summed E-state index contributed by atoms with van der Waals surface area (Å²) >= 11 is 1.27. The number of amides is 2. The molecule has 0 unspecified atom stereocenters. The van der Waals surface area contributed by atoms with Crippen molar-refractivity contribution in [1.29, 1.82) is 0 Å². The van der Waals surface area contributed by atoms with Crippen LogP contribution in [0.4, 0.5) is 5.13 Å². The maximum Gasteiger partial charge on any atom is 0.293 e. The Balaban J connectivity index is 1.21. The molecule has 0 saturated carbocycles. The molecule has 0 aliphatic rings. The van der Waals surface area contributed by atoms with Crippen molar-refractivity contribution in [3.8, 4) is 5.69 Å². The van der Waals surface area contributed by atoms with E-state index in [1.807, 2.05) is 36.5 Å². The number of thiazole rings is 1. The second-order valence-electron chi connectivity index (χ2n) is 6.47. The van der Waals surface area contributed by atoms with Crippen molar-refractivity contribution in [2.24, 2.45) is 0 Å². The predicted octanol–water partition coefficient (Wildman–Crippen LogP) is 3.08. The van der Waals surface area contributed by atoms with Gasteiger partial charge in [-0.3, -0.25) is 14.9 Å². The van der Waals surface area contributed by atoms with Crippen LogP contribution in [0.3, 0.4) is 0 Å². The summed E-state index contributed by atoms with van der Waals surface area (Å²) in [5, 5.41) is 11.9. The van der Waals surface area contributed by atoms with Gasteiger partial charge in [-0.25, -0.2) is 9.67 Å². The van der Waals surface area contributed by atoms with Gasteiger partial charge in [0.1, 0.15) is 0 Å². The van der Waals surface area contributed by atoms with Crippen molar-refractivity contribution in [2.75, 3.05) is 11.9 Å². The average Bonchev–Trinajstić information content (AvgIpc) is 3.52. The van der Waals surface area contributed by atoms with Crippen LogP contribution in [-0.2, 0) is 17.6 Å². The Hall–Kier alpha value is -3.72. The summed E-state index contributed by atoms with van der Waals surface area (Å²) in [7, 11) is 0. The molecule has 0 atom stereocenters. The first-order chi connectivity index (χ1) is 14.7. The molecule has 8 nitrogen and oxygen atoms in total. The Morgan fingerprint density at radius 1 is 1.13 bits per heavy atom. The van der Waals surface area contributed by atoms with Gasteiger partial charge in [0.25, 0.3) is 5.91 Å². The lowest BCUT2D eigenvalue weighted by molar-refractivity contribution is -0.120. The highest BCUT2D eigenvalue weighted by Crippen LogP contribution is 2.17. The number of carbonyl (C=O) groups is 2. The molecule has 3 aromatic heterocycles. The fraction of sp³-hybridized carbons (Fsp3) is 0.143. The lowest BCUT2D eigenvalue weighted by atomic mass is 10.1. The van der Waals surface area contributed by atoms with Crippen LogP contribution in [0.15, 0.2) is 70.9 Å². The number of anilines is 1. The molecule has 0 saturated heterocycles. The highest BCUT2D eigenvalue weighted by atomic mass is 32.1. The molecule has 2 N–H and O–H groups in total. The Kier molecular flexibility index (Phi) is 6.00. The van der Waals surface area contributed by atoms with E-state index >= 15 is 0 Å². The molecule has 0 bridgehead atoms. The molecule has 3 heterocycles. The fourth-order valence-electron chi connectivity index (χ4n) is 2.82. The zero-order valence-corrected chi connectivity index (χ0v) is 16.8. The van der Waals surface area contributed by atoms with Gasteiger partial charge in [0, 0.05) is 24.3 Å². The second kappa shape index (κ2) is 9.19. The first kappa shape index (κ1) is 19.6. The van der Waals surface area contributed by atoms with Crippen molar-refractivity contribution in [1.82, 2.24) is 20.1 Å². The van der Waals surface area contributed by atoms with E-state index in [2.05, 4.69) is 20.7 Å². The molecule has 0 radical (unpaired) electrons. The van der Waals surface area contributed by atoms with Crippen LogP contribution in [-0.4, -0.2) is 33.1 Å². The molecular formula is C21H19N5O3S. The van der Waals surface area contributed by atoms with E-state index in [-0.39, 0.29) is 24.0 Å². The first-order valence-corrected chi connectivity index (χ1v) is 10.2. The predicted molar refractivity (Wildman–Crippen MR) is 113 cm³/mol. The van der Waals surface area contributed by atoms with E-state index in [0.29, 0.717) is 17.4 Å². The van der Waals surface area contributed by atoms with E-state index in [9.17, 15) is 9.59 Å². The van der Waals surface area contributed by atoms with Crippen LogP contribution >= 0.6 is 11.3 Å². The summed E-state index contributed by atoms with van der Waals surface area (Å²) in [6.07, 6.45) is 5.95. The quantitative estimate of drug-likeness (QED) is 0.455. The van der Waals surface area contributed by atoms with Crippen molar-refractivity contribution >= 4 is 28.3 Å². The highest BCUT2D eigenvalue weighted by molar-refractivity contribution is 7.14. The van der Waals surface area contributed by atoms with Gasteiger partial charge in [-0.05, 0) is 42.3 Å². The average molecular weight is 421 g/mol. The van der Waals surface area contributed by atoms with Crippen molar-refractivity contribution in [3.05, 3.63) is 83.5 Å². The topological polar surface area (TPSA) is 102 Å². The van der Waals surface area contributed by atoms with E-state index in [1.165, 1.54) is 17.6 Å². The molecule has 0 aliphatic carbocycles. The van der Waals surface area contributed by atoms with Crippen LogP contribution in [0.2, 0.25) is 0 Å². The fourth-order valence-corrected chi connectivity index (χ4v) is 3.53. The molecular weight excluding hydrogens is 402 g/mol. The Morgan fingerprint density at radius 2 is 2.00 bits per heavy atom. The maximum atomic E-state index is 12.2. The molecule has 1 aromatic carbocycles. The Bertz CT molecular complexity index is 1100. The first-order valence-electron chi connectivity index (χ1n) is 9.32. The summed E-state index contributed by atoms with van der Waals surface area (Å²) in [5.74, 6) is -0.275. The monoisotopic (exact) mass is 421 g/mol. The SMILES string of the molecule is O=C(Cc1csc(NC(=O)c2ccco2)n1)NCCc1ccc(-n2cccn2)cc1. The van der Waals surface area contributed by atoms with Crippen LogP contribution in [0.1, 0.15) is 21.8 Å². The van der Waals surface area contributed by atoms with Crippen LogP contribution in [0, 0.1) is 0 Å². The molecule has 4 rings (SSSR count). The smallest absolute Gasteiger partial charge is 0.293 e. The van der Waals surface area contributed by atoms with Gasteiger partial charge in [-0.1, -0.05) is 12.1 Å². The van der Waals surface area contributed by atoms with Crippen LogP contribution < -0.4 is 10.6 Å².